The molecule has 224 valence electrons. The van der Waals surface area contributed by atoms with Gasteiger partial charge in [0.05, 0.1) is 0 Å². The largest absolute Gasteiger partial charge is 0.347 e. The molecule has 3 rings (SSSR count). The molecule has 1 aromatic heterocycles. The number of piperidine rings is 2. The second-order valence-corrected chi connectivity index (χ2v) is 15.1. The van der Waals surface area contributed by atoms with Crippen molar-refractivity contribution in [3.8, 4) is 0 Å². The SMILES string of the molecule is CCCCN(c1nc(N(C)C)nc(N(CCCC)C2CC(C)(C)NC(C)(C)C2)n1)C1CC(C)(C)NC(C)(C)C1. The van der Waals surface area contributed by atoms with Gasteiger partial charge in [-0.2, -0.15) is 15.0 Å². The van der Waals surface area contributed by atoms with Crippen LogP contribution in [0.1, 0.15) is 121 Å². The minimum atomic E-state index is 0.0521. The molecular formula is C31H60N8. The summed E-state index contributed by atoms with van der Waals surface area (Å²) in [5.74, 6) is 2.42. The summed E-state index contributed by atoms with van der Waals surface area (Å²) in [5, 5.41) is 7.73. The van der Waals surface area contributed by atoms with Gasteiger partial charge in [-0.3, -0.25) is 0 Å². The fraction of sp³-hybridized carbons (Fsp3) is 0.903. The van der Waals surface area contributed by atoms with E-state index in [2.05, 4.69) is 89.7 Å². The molecule has 2 aliphatic rings. The quantitative estimate of drug-likeness (QED) is 0.364. The molecule has 0 radical (unpaired) electrons. The van der Waals surface area contributed by atoms with Gasteiger partial charge in [0.1, 0.15) is 0 Å². The fourth-order valence-corrected chi connectivity index (χ4v) is 7.33. The Labute approximate surface area is 240 Å². The summed E-state index contributed by atoms with van der Waals surface area (Å²) in [5.41, 5.74) is 0.209. The van der Waals surface area contributed by atoms with Gasteiger partial charge in [0, 0.05) is 61.4 Å². The number of hydrogen-bond acceptors (Lipinski definition) is 8. The Morgan fingerprint density at radius 1 is 0.590 bits per heavy atom. The normalized spacial score (nSPS) is 22.5. The van der Waals surface area contributed by atoms with E-state index in [9.17, 15) is 0 Å². The summed E-state index contributed by atoms with van der Waals surface area (Å²) in [6.45, 7) is 25.1. The van der Waals surface area contributed by atoms with Crippen molar-refractivity contribution in [3.05, 3.63) is 0 Å². The van der Waals surface area contributed by atoms with Gasteiger partial charge in [-0.15, -0.1) is 0 Å². The number of hydrogen-bond donors (Lipinski definition) is 2. The molecular weight excluding hydrogens is 484 g/mol. The summed E-state index contributed by atoms with van der Waals surface area (Å²) >= 11 is 0. The summed E-state index contributed by atoms with van der Waals surface area (Å²) in [4.78, 5) is 22.6. The van der Waals surface area contributed by atoms with Crippen LogP contribution in [0.15, 0.2) is 0 Å². The summed E-state index contributed by atoms with van der Waals surface area (Å²) in [7, 11) is 4.09. The maximum absolute atomic E-state index is 5.33. The fourth-order valence-electron chi connectivity index (χ4n) is 7.33. The van der Waals surface area contributed by atoms with Gasteiger partial charge in [-0.25, -0.2) is 0 Å². The van der Waals surface area contributed by atoms with E-state index in [1.165, 1.54) is 0 Å². The van der Waals surface area contributed by atoms with Gasteiger partial charge >= 0.3 is 0 Å². The van der Waals surface area contributed by atoms with Gasteiger partial charge in [0.25, 0.3) is 0 Å². The number of anilines is 3. The van der Waals surface area contributed by atoms with Crippen LogP contribution in [0.2, 0.25) is 0 Å². The van der Waals surface area contributed by atoms with Crippen molar-refractivity contribution in [2.75, 3.05) is 41.9 Å². The molecule has 0 aliphatic carbocycles. The molecule has 2 N–H and O–H groups in total. The molecule has 3 heterocycles. The smallest absolute Gasteiger partial charge is 0.232 e. The predicted octanol–water partition coefficient (Wildman–Crippen LogP) is 5.77. The molecule has 2 fully saturated rings. The second-order valence-electron chi connectivity index (χ2n) is 15.1. The summed E-state index contributed by atoms with van der Waals surface area (Å²) in [6.07, 6.45) is 8.80. The van der Waals surface area contributed by atoms with Crippen molar-refractivity contribution in [1.29, 1.82) is 0 Å². The van der Waals surface area contributed by atoms with Crippen molar-refractivity contribution in [2.45, 2.75) is 155 Å². The molecule has 0 aromatic carbocycles. The van der Waals surface area contributed by atoms with Crippen LogP contribution < -0.4 is 25.3 Å². The monoisotopic (exact) mass is 544 g/mol. The Morgan fingerprint density at radius 3 is 1.18 bits per heavy atom. The second kappa shape index (κ2) is 12.1. The minimum Gasteiger partial charge on any atom is -0.347 e. The first-order valence-electron chi connectivity index (χ1n) is 15.5. The van der Waals surface area contributed by atoms with Gasteiger partial charge in [-0.05, 0) is 93.9 Å². The van der Waals surface area contributed by atoms with Crippen LogP contribution in [0.5, 0.6) is 0 Å². The third-order valence-electron chi connectivity index (χ3n) is 8.24. The first-order chi connectivity index (χ1) is 18.0. The molecule has 2 saturated heterocycles. The van der Waals surface area contributed by atoms with Crippen molar-refractivity contribution in [3.63, 3.8) is 0 Å². The van der Waals surface area contributed by atoms with Crippen LogP contribution in [-0.2, 0) is 0 Å². The zero-order valence-electron chi connectivity index (χ0n) is 27.4. The highest BCUT2D eigenvalue weighted by molar-refractivity contribution is 5.48. The zero-order valence-corrected chi connectivity index (χ0v) is 27.4. The Hall–Kier alpha value is -1.67. The van der Waals surface area contributed by atoms with E-state index in [0.717, 1.165) is 82.3 Å². The van der Waals surface area contributed by atoms with Crippen molar-refractivity contribution in [1.82, 2.24) is 25.6 Å². The van der Waals surface area contributed by atoms with E-state index >= 15 is 0 Å². The van der Waals surface area contributed by atoms with Crippen molar-refractivity contribution >= 4 is 17.8 Å². The molecule has 0 unspecified atom stereocenters. The van der Waals surface area contributed by atoms with Crippen molar-refractivity contribution < 1.29 is 0 Å². The Kier molecular flexibility index (Phi) is 9.85. The lowest BCUT2D eigenvalue weighted by molar-refractivity contribution is 0.157. The molecule has 8 heteroatoms. The van der Waals surface area contributed by atoms with Crippen LogP contribution in [0.3, 0.4) is 0 Å². The van der Waals surface area contributed by atoms with Crippen molar-refractivity contribution in [2.24, 2.45) is 0 Å². The Morgan fingerprint density at radius 2 is 0.897 bits per heavy atom. The summed E-state index contributed by atoms with van der Waals surface area (Å²) < 4.78 is 0. The van der Waals surface area contributed by atoms with E-state index in [-0.39, 0.29) is 22.2 Å². The average molecular weight is 545 g/mol. The van der Waals surface area contributed by atoms with Gasteiger partial charge in [-0.1, -0.05) is 26.7 Å². The molecule has 0 amide bonds. The maximum atomic E-state index is 5.33. The molecule has 2 aliphatic heterocycles. The highest BCUT2D eigenvalue weighted by Gasteiger charge is 2.42. The van der Waals surface area contributed by atoms with E-state index in [1.54, 1.807) is 0 Å². The van der Waals surface area contributed by atoms with Crippen LogP contribution in [0.25, 0.3) is 0 Å². The lowest BCUT2D eigenvalue weighted by atomic mass is 9.79. The lowest BCUT2D eigenvalue weighted by Crippen LogP contribution is -2.63. The molecule has 1 aromatic rings. The first-order valence-corrected chi connectivity index (χ1v) is 15.5. The highest BCUT2D eigenvalue weighted by atomic mass is 15.4. The number of aromatic nitrogens is 3. The standard InChI is InChI=1S/C31H60N8/c1-13-15-17-38(23-19-28(3,4)35-29(5,6)20-23)26-32-25(37(11)12)33-27(34-26)39(18-16-14-2)24-21-30(7,8)36-31(9,10)22-24/h23-24,35-36H,13-22H2,1-12H3. The van der Waals surface area contributed by atoms with Crippen LogP contribution in [0.4, 0.5) is 17.8 Å². The molecule has 39 heavy (non-hydrogen) atoms. The zero-order chi connectivity index (χ0) is 29.2. The average Bonchev–Trinajstić information content (AvgIpc) is 2.75. The molecule has 0 saturated carbocycles. The number of nitrogens with zero attached hydrogens (tertiary/aromatic N) is 6. The van der Waals surface area contributed by atoms with Gasteiger partial charge in [0.15, 0.2) is 0 Å². The molecule has 0 bridgehead atoms. The van der Waals surface area contributed by atoms with E-state index in [1.807, 2.05) is 19.0 Å². The Balaban J connectivity index is 2.10. The predicted molar refractivity (Wildman–Crippen MR) is 167 cm³/mol. The van der Waals surface area contributed by atoms with E-state index in [4.69, 9.17) is 15.0 Å². The third kappa shape index (κ3) is 8.66. The molecule has 0 spiro atoms. The molecule has 8 nitrogen and oxygen atoms in total. The first kappa shape index (κ1) is 31.9. The van der Waals surface area contributed by atoms with Crippen LogP contribution >= 0.6 is 0 Å². The molecule has 0 atom stereocenters. The van der Waals surface area contributed by atoms with Gasteiger partial charge < -0.3 is 25.3 Å². The lowest BCUT2D eigenvalue weighted by Gasteiger charge is -2.50. The summed E-state index contributed by atoms with van der Waals surface area (Å²) in [6, 6.07) is 0.739. The highest BCUT2D eigenvalue weighted by Crippen LogP contribution is 2.36. The van der Waals surface area contributed by atoms with Gasteiger partial charge in [0.2, 0.25) is 17.8 Å². The van der Waals surface area contributed by atoms with Crippen LogP contribution in [0, 0.1) is 0 Å². The minimum absolute atomic E-state index is 0.0521. The van der Waals surface area contributed by atoms with E-state index in [0.29, 0.717) is 12.1 Å². The third-order valence-corrected chi connectivity index (χ3v) is 8.24. The van der Waals surface area contributed by atoms with E-state index < -0.39 is 0 Å². The number of rotatable bonds is 11. The van der Waals surface area contributed by atoms with Crippen LogP contribution in [-0.4, -0.2) is 76.4 Å². The topological polar surface area (TPSA) is 72.5 Å². The Bertz CT molecular complexity index is 838. The maximum Gasteiger partial charge on any atom is 0.232 e. The number of unbranched alkanes of at least 4 members (excludes halogenated alkanes) is 2. The number of nitrogens with one attached hydrogen (secondary N) is 2.